The van der Waals surface area contributed by atoms with Crippen molar-refractivity contribution in [3.63, 3.8) is 0 Å². The van der Waals surface area contributed by atoms with Crippen LogP contribution in [0.3, 0.4) is 0 Å². The van der Waals surface area contributed by atoms with Gasteiger partial charge in [-0.2, -0.15) is 0 Å². The van der Waals surface area contributed by atoms with E-state index in [0.29, 0.717) is 8.68 Å². The fraction of sp³-hybridized carbons (Fsp3) is 0.556. The van der Waals surface area contributed by atoms with Crippen molar-refractivity contribution in [1.29, 1.82) is 0 Å². The summed E-state index contributed by atoms with van der Waals surface area (Å²) in [6.07, 6.45) is 0. The van der Waals surface area contributed by atoms with Gasteiger partial charge in [0.1, 0.15) is 4.21 Å². The Hall–Kier alpha value is 0.0500. The third kappa shape index (κ3) is 3.53. The minimum Gasteiger partial charge on any atom is -0.326 e. The number of nitrogens with one attached hydrogen (secondary N) is 1. The smallest absolute Gasteiger partial charge is 0.251 e. The van der Waals surface area contributed by atoms with E-state index in [2.05, 4.69) is 20.7 Å². The van der Waals surface area contributed by atoms with E-state index >= 15 is 0 Å². The standard InChI is InChI=1S/C9H15BrN2O2S2/c1-6(2)8(11)5-12-16(13,14)9-7(10)3-4-15-9/h3-4,6,8,12H,5,11H2,1-2H3. The molecule has 0 aliphatic heterocycles. The van der Waals surface area contributed by atoms with Crippen LogP contribution in [0.4, 0.5) is 0 Å². The second-order valence-electron chi connectivity index (χ2n) is 3.82. The zero-order valence-corrected chi connectivity index (χ0v) is 12.3. The lowest BCUT2D eigenvalue weighted by molar-refractivity contribution is 0.482. The first-order valence-corrected chi connectivity index (χ1v) is 7.98. The summed E-state index contributed by atoms with van der Waals surface area (Å²) in [5.41, 5.74) is 5.78. The summed E-state index contributed by atoms with van der Waals surface area (Å²) in [7, 11) is -3.43. The molecule has 0 saturated heterocycles. The van der Waals surface area contributed by atoms with Crippen LogP contribution in [0.5, 0.6) is 0 Å². The molecule has 1 unspecified atom stereocenters. The van der Waals surface area contributed by atoms with E-state index in [1.54, 1.807) is 11.4 Å². The second kappa shape index (κ2) is 5.59. The average molecular weight is 327 g/mol. The Morgan fingerprint density at radius 1 is 1.56 bits per heavy atom. The number of hydrogen-bond donors (Lipinski definition) is 2. The van der Waals surface area contributed by atoms with Crippen LogP contribution in [0.1, 0.15) is 13.8 Å². The lowest BCUT2D eigenvalue weighted by Gasteiger charge is -2.15. The largest absolute Gasteiger partial charge is 0.326 e. The monoisotopic (exact) mass is 326 g/mol. The van der Waals surface area contributed by atoms with Crippen LogP contribution in [0.2, 0.25) is 0 Å². The molecule has 1 aromatic rings. The normalized spacial score (nSPS) is 14.3. The van der Waals surface area contributed by atoms with Crippen molar-refractivity contribution in [2.75, 3.05) is 6.54 Å². The molecule has 0 bridgehead atoms. The quantitative estimate of drug-likeness (QED) is 0.866. The first kappa shape index (κ1) is 14.1. The number of halogens is 1. The Kier molecular flexibility index (Phi) is 4.93. The molecule has 3 N–H and O–H groups in total. The van der Waals surface area contributed by atoms with Gasteiger partial charge in [-0.3, -0.25) is 0 Å². The lowest BCUT2D eigenvalue weighted by Crippen LogP contribution is -2.40. The molecule has 1 atom stereocenters. The van der Waals surface area contributed by atoms with Gasteiger partial charge in [0.15, 0.2) is 0 Å². The van der Waals surface area contributed by atoms with Crippen molar-refractivity contribution in [1.82, 2.24) is 4.72 Å². The Morgan fingerprint density at radius 2 is 2.19 bits per heavy atom. The molecule has 0 spiro atoms. The molecule has 1 heterocycles. The molecule has 0 aromatic carbocycles. The van der Waals surface area contributed by atoms with E-state index in [1.165, 1.54) is 11.3 Å². The molecule has 0 amide bonds. The van der Waals surface area contributed by atoms with Crippen LogP contribution in [0, 0.1) is 5.92 Å². The molecular weight excluding hydrogens is 312 g/mol. The Labute approximate surface area is 108 Å². The van der Waals surface area contributed by atoms with E-state index in [0.717, 1.165) is 0 Å². The van der Waals surface area contributed by atoms with Gasteiger partial charge in [0, 0.05) is 17.1 Å². The zero-order chi connectivity index (χ0) is 12.3. The maximum Gasteiger partial charge on any atom is 0.251 e. The van der Waals surface area contributed by atoms with Gasteiger partial charge in [0.2, 0.25) is 0 Å². The van der Waals surface area contributed by atoms with Gasteiger partial charge in [-0.05, 0) is 33.3 Å². The summed E-state index contributed by atoms with van der Waals surface area (Å²) in [6, 6.07) is 1.54. The van der Waals surface area contributed by atoms with Gasteiger partial charge < -0.3 is 5.73 Å². The van der Waals surface area contributed by atoms with Gasteiger partial charge in [-0.25, -0.2) is 13.1 Å². The molecule has 92 valence electrons. The van der Waals surface area contributed by atoms with Crippen molar-refractivity contribution in [3.05, 3.63) is 15.9 Å². The molecule has 0 fully saturated rings. The van der Waals surface area contributed by atoms with E-state index in [4.69, 9.17) is 5.73 Å². The summed E-state index contributed by atoms with van der Waals surface area (Å²) in [5.74, 6) is 0.245. The van der Waals surface area contributed by atoms with Crippen LogP contribution in [0.15, 0.2) is 20.1 Å². The summed E-state index contributed by atoms with van der Waals surface area (Å²) < 4.78 is 27.1. The van der Waals surface area contributed by atoms with E-state index < -0.39 is 10.0 Å². The third-order valence-corrected chi connectivity index (χ3v) is 6.29. The number of rotatable bonds is 5. The molecule has 4 nitrogen and oxygen atoms in total. The molecular formula is C9H15BrN2O2S2. The highest BCUT2D eigenvalue weighted by molar-refractivity contribution is 9.10. The summed E-state index contributed by atoms with van der Waals surface area (Å²) in [4.78, 5) is 0. The summed E-state index contributed by atoms with van der Waals surface area (Å²) in [5, 5.41) is 1.72. The highest BCUT2D eigenvalue weighted by Crippen LogP contribution is 2.27. The van der Waals surface area contributed by atoms with Crippen LogP contribution in [0.25, 0.3) is 0 Å². The van der Waals surface area contributed by atoms with E-state index in [1.807, 2.05) is 13.8 Å². The highest BCUT2D eigenvalue weighted by atomic mass is 79.9. The molecule has 0 radical (unpaired) electrons. The van der Waals surface area contributed by atoms with E-state index in [9.17, 15) is 8.42 Å². The van der Waals surface area contributed by atoms with Crippen molar-refractivity contribution < 1.29 is 8.42 Å². The minimum absolute atomic E-state index is 0.173. The zero-order valence-electron chi connectivity index (χ0n) is 9.10. The number of nitrogens with two attached hydrogens (primary N) is 1. The predicted octanol–water partition coefficient (Wildman–Crippen LogP) is 1.77. The summed E-state index contributed by atoms with van der Waals surface area (Å²) >= 11 is 4.38. The predicted molar refractivity (Wildman–Crippen MR) is 70.0 cm³/mol. The van der Waals surface area contributed by atoms with Crippen molar-refractivity contribution in [3.8, 4) is 0 Å². The average Bonchev–Trinajstić information content (AvgIpc) is 2.61. The first-order valence-electron chi connectivity index (χ1n) is 4.83. The topological polar surface area (TPSA) is 72.2 Å². The molecule has 1 rings (SSSR count). The van der Waals surface area contributed by atoms with Gasteiger partial charge >= 0.3 is 0 Å². The van der Waals surface area contributed by atoms with Crippen molar-refractivity contribution in [2.24, 2.45) is 11.7 Å². The highest BCUT2D eigenvalue weighted by Gasteiger charge is 2.20. The van der Waals surface area contributed by atoms with Gasteiger partial charge in [-0.15, -0.1) is 11.3 Å². The SMILES string of the molecule is CC(C)C(N)CNS(=O)(=O)c1sccc1Br. The molecule has 1 aromatic heterocycles. The Bertz CT molecular complexity index is 442. The number of thiophene rings is 1. The molecule has 7 heteroatoms. The van der Waals surface area contributed by atoms with Crippen LogP contribution in [-0.2, 0) is 10.0 Å². The van der Waals surface area contributed by atoms with Crippen molar-refractivity contribution in [2.45, 2.75) is 24.1 Å². The Morgan fingerprint density at radius 3 is 2.62 bits per heavy atom. The first-order chi connectivity index (χ1) is 7.34. The molecule has 0 aliphatic rings. The van der Waals surface area contributed by atoms with Gasteiger partial charge in [-0.1, -0.05) is 13.8 Å². The maximum absolute atomic E-state index is 11.9. The lowest BCUT2D eigenvalue weighted by atomic mass is 10.1. The molecule has 16 heavy (non-hydrogen) atoms. The Balaban J connectivity index is 2.71. The third-order valence-electron chi connectivity index (χ3n) is 2.19. The number of hydrogen-bond acceptors (Lipinski definition) is 4. The van der Waals surface area contributed by atoms with E-state index in [-0.39, 0.29) is 18.5 Å². The van der Waals surface area contributed by atoms with Crippen molar-refractivity contribution >= 4 is 37.3 Å². The minimum atomic E-state index is -3.43. The maximum atomic E-state index is 11.9. The van der Waals surface area contributed by atoms with Crippen LogP contribution >= 0.6 is 27.3 Å². The van der Waals surface area contributed by atoms with Gasteiger partial charge in [0.05, 0.1) is 0 Å². The number of sulfonamides is 1. The summed E-state index contributed by atoms with van der Waals surface area (Å²) in [6.45, 7) is 4.17. The molecule has 0 aliphatic carbocycles. The molecule has 0 saturated carbocycles. The van der Waals surface area contributed by atoms with Crippen LogP contribution < -0.4 is 10.5 Å². The fourth-order valence-corrected chi connectivity index (χ4v) is 4.43. The fourth-order valence-electron chi connectivity index (χ4n) is 0.979. The van der Waals surface area contributed by atoms with Gasteiger partial charge in [0.25, 0.3) is 10.0 Å². The second-order valence-corrected chi connectivity index (χ2v) is 7.55. The van der Waals surface area contributed by atoms with Crippen LogP contribution in [-0.4, -0.2) is 21.0 Å².